The maximum atomic E-state index is 14.9. The van der Waals surface area contributed by atoms with Crippen molar-refractivity contribution in [1.29, 1.82) is 0 Å². The molecular formula is C29H32FN3O6. The molecule has 39 heavy (non-hydrogen) atoms. The number of aliphatic hydroxyl groups excluding tert-OH is 1. The van der Waals surface area contributed by atoms with Crippen LogP contribution in [0.2, 0.25) is 0 Å². The Hall–Kier alpha value is -3.60. The Morgan fingerprint density at radius 1 is 1.21 bits per heavy atom. The van der Waals surface area contributed by atoms with Crippen molar-refractivity contribution in [1.82, 2.24) is 14.9 Å². The number of aliphatic carboxylic acids is 1. The van der Waals surface area contributed by atoms with Gasteiger partial charge in [0.1, 0.15) is 17.7 Å². The van der Waals surface area contributed by atoms with E-state index in [1.54, 1.807) is 18.2 Å². The Kier molecular flexibility index (Phi) is 8.06. The first-order valence-corrected chi connectivity index (χ1v) is 13.0. The highest BCUT2D eigenvalue weighted by Crippen LogP contribution is 2.38. The van der Waals surface area contributed by atoms with Crippen molar-refractivity contribution < 1.29 is 33.6 Å². The zero-order valence-corrected chi connectivity index (χ0v) is 22.0. The number of hydrogen-bond acceptors (Lipinski definition) is 8. The minimum absolute atomic E-state index is 0.315. The van der Waals surface area contributed by atoms with Crippen LogP contribution in [0.15, 0.2) is 42.6 Å². The number of ether oxygens (including phenoxy) is 3. The molecule has 2 aliphatic rings. The number of aliphatic hydroxyl groups is 1. The summed E-state index contributed by atoms with van der Waals surface area (Å²) in [5.74, 6) is -1.56. The molecule has 1 aromatic carbocycles. The molecule has 2 aliphatic heterocycles. The molecule has 0 bridgehead atoms. The maximum absolute atomic E-state index is 14.9. The minimum Gasteiger partial charge on any atom is -0.484 e. The van der Waals surface area contributed by atoms with Gasteiger partial charge in [0, 0.05) is 36.8 Å². The van der Waals surface area contributed by atoms with Gasteiger partial charge in [-0.15, -0.1) is 0 Å². The van der Waals surface area contributed by atoms with Crippen molar-refractivity contribution in [2.45, 2.75) is 38.5 Å². The summed E-state index contributed by atoms with van der Waals surface area (Å²) in [6.45, 7) is 4.75. The zero-order valence-electron chi connectivity index (χ0n) is 22.0. The van der Waals surface area contributed by atoms with Gasteiger partial charge < -0.3 is 24.4 Å². The van der Waals surface area contributed by atoms with E-state index in [-0.39, 0.29) is 6.10 Å². The second-order valence-corrected chi connectivity index (χ2v) is 9.91. The topological polar surface area (TPSA) is 114 Å². The SMILES string of the molecule is COc1cc(-c2ccc(C3CCc4ccc([C@H](O)[C@H](C)C(=O)O)cc4O3)nc2CN2CCOCC2)c(F)cn1. The van der Waals surface area contributed by atoms with E-state index >= 15 is 0 Å². The molecule has 3 aromatic rings. The van der Waals surface area contributed by atoms with E-state index in [4.69, 9.17) is 19.2 Å². The lowest BCUT2D eigenvalue weighted by molar-refractivity contribution is -0.145. The number of carboxylic acid groups (broad SMARTS) is 1. The van der Waals surface area contributed by atoms with Gasteiger partial charge in [-0.3, -0.25) is 14.7 Å². The van der Waals surface area contributed by atoms with E-state index in [9.17, 15) is 19.4 Å². The highest BCUT2D eigenvalue weighted by Gasteiger charge is 2.28. The molecule has 2 N–H and O–H groups in total. The van der Waals surface area contributed by atoms with E-state index < -0.39 is 23.8 Å². The van der Waals surface area contributed by atoms with Crippen LogP contribution in [-0.2, 0) is 22.5 Å². The fraction of sp³-hybridized carbons (Fsp3) is 0.414. The number of carboxylic acids is 1. The summed E-state index contributed by atoms with van der Waals surface area (Å²) in [7, 11) is 1.49. The number of fused-ring (bicyclic) bond motifs is 1. The van der Waals surface area contributed by atoms with Gasteiger partial charge in [-0.2, -0.15) is 0 Å². The predicted molar refractivity (Wildman–Crippen MR) is 140 cm³/mol. The molecule has 0 spiro atoms. The molecule has 1 saturated heterocycles. The molecule has 0 aliphatic carbocycles. The van der Waals surface area contributed by atoms with Crippen LogP contribution in [-0.4, -0.2) is 64.5 Å². The first-order chi connectivity index (χ1) is 18.8. The summed E-state index contributed by atoms with van der Waals surface area (Å²) in [4.78, 5) is 22.5. The van der Waals surface area contributed by atoms with Gasteiger partial charge >= 0.3 is 5.97 Å². The fourth-order valence-corrected chi connectivity index (χ4v) is 4.97. The van der Waals surface area contributed by atoms with Crippen molar-refractivity contribution >= 4 is 5.97 Å². The second-order valence-electron chi connectivity index (χ2n) is 9.91. The number of benzene rings is 1. The number of aromatic nitrogens is 2. The number of aryl methyl sites for hydroxylation is 1. The third-order valence-corrected chi connectivity index (χ3v) is 7.37. The molecule has 4 heterocycles. The van der Waals surface area contributed by atoms with Gasteiger partial charge in [0.2, 0.25) is 5.88 Å². The maximum Gasteiger partial charge on any atom is 0.309 e. The van der Waals surface area contributed by atoms with Crippen molar-refractivity contribution in [3.63, 3.8) is 0 Å². The molecule has 2 aromatic heterocycles. The van der Waals surface area contributed by atoms with Gasteiger partial charge in [-0.25, -0.2) is 9.37 Å². The van der Waals surface area contributed by atoms with Crippen molar-refractivity contribution in [2.75, 3.05) is 33.4 Å². The molecule has 206 valence electrons. The van der Waals surface area contributed by atoms with Gasteiger partial charge in [0.15, 0.2) is 0 Å². The second kappa shape index (κ2) is 11.6. The first kappa shape index (κ1) is 27.0. The largest absolute Gasteiger partial charge is 0.484 e. The summed E-state index contributed by atoms with van der Waals surface area (Å²) in [6.07, 6.45) is 1.08. The quantitative estimate of drug-likeness (QED) is 0.441. The van der Waals surface area contributed by atoms with E-state index in [0.717, 1.165) is 42.7 Å². The van der Waals surface area contributed by atoms with Crippen LogP contribution < -0.4 is 9.47 Å². The van der Waals surface area contributed by atoms with E-state index in [2.05, 4.69) is 9.88 Å². The highest BCUT2D eigenvalue weighted by molar-refractivity contribution is 5.70. The van der Waals surface area contributed by atoms with Crippen molar-refractivity contribution in [2.24, 2.45) is 5.92 Å². The van der Waals surface area contributed by atoms with E-state index in [0.29, 0.717) is 54.5 Å². The monoisotopic (exact) mass is 537 g/mol. The Morgan fingerprint density at radius 2 is 2.00 bits per heavy atom. The van der Waals surface area contributed by atoms with Crippen LogP contribution in [0.3, 0.4) is 0 Å². The van der Waals surface area contributed by atoms with Crippen LogP contribution in [0.1, 0.15) is 48.1 Å². The predicted octanol–water partition coefficient (Wildman–Crippen LogP) is 3.94. The molecule has 5 rings (SSSR count). The Labute approximate surface area is 226 Å². The van der Waals surface area contributed by atoms with Crippen LogP contribution in [0.4, 0.5) is 4.39 Å². The number of hydrogen-bond donors (Lipinski definition) is 2. The van der Waals surface area contributed by atoms with Crippen molar-refractivity contribution in [3.8, 4) is 22.8 Å². The van der Waals surface area contributed by atoms with Gasteiger partial charge in [-0.1, -0.05) is 18.2 Å². The molecule has 1 unspecified atom stereocenters. The average Bonchev–Trinajstić information content (AvgIpc) is 2.96. The zero-order chi connectivity index (χ0) is 27.5. The molecule has 1 fully saturated rings. The standard InChI is InChI=1S/C29H32FN3O6/c1-17(29(35)36)28(34)19-4-3-18-5-8-25(39-26(18)13-19)23-7-6-20(21-14-27(37-2)31-15-22(21)30)24(32-23)16-33-9-11-38-12-10-33/h3-4,6-7,13-15,17,25,28,34H,5,8-12,16H2,1-2H3,(H,35,36)/t17-,25?,28+/m0/s1. The Balaban J connectivity index is 1.46. The van der Waals surface area contributed by atoms with Gasteiger partial charge in [0.05, 0.1) is 49.9 Å². The van der Waals surface area contributed by atoms with Crippen molar-refractivity contribution in [3.05, 3.63) is 70.9 Å². The molecule has 0 radical (unpaired) electrons. The number of morpholine rings is 1. The van der Waals surface area contributed by atoms with Crippen LogP contribution in [0.25, 0.3) is 11.1 Å². The molecule has 3 atom stereocenters. The summed E-state index contributed by atoms with van der Waals surface area (Å²) in [5.41, 5.74) is 3.94. The molecule has 10 heteroatoms. The highest BCUT2D eigenvalue weighted by atomic mass is 19.1. The third kappa shape index (κ3) is 5.88. The third-order valence-electron chi connectivity index (χ3n) is 7.37. The number of rotatable bonds is 8. The summed E-state index contributed by atoms with van der Waals surface area (Å²) in [6, 6.07) is 10.6. The lowest BCUT2D eigenvalue weighted by Gasteiger charge is -2.29. The number of halogens is 1. The molecule has 0 amide bonds. The van der Waals surface area contributed by atoms with Crippen LogP contribution in [0, 0.1) is 11.7 Å². The summed E-state index contributed by atoms with van der Waals surface area (Å²) in [5, 5.41) is 19.8. The summed E-state index contributed by atoms with van der Waals surface area (Å²) < 4.78 is 32.0. The number of nitrogens with zero attached hydrogens (tertiary/aromatic N) is 3. The Morgan fingerprint density at radius 3 is 2.74 bits per heavy atom. The molecule has 0 saturated carbocycles. The summed E-state index contributed by atoms with van der Waals surface area (Å²) >= 11 is 0. The fourth-order valence-electron chi connectivity index (χ4n) is 4.97. The number of pyridine rings is 2. The number of methoxy groups -OCH3 is 1. The normalized spacial score (nSPS) is 19.0. The van der Waals surface area contributed by atoms with E-state index in [1.807, 2.05) is 18.2 Å². The number of carbonyl (C=O) groups is 1. The van der Waals surface area contributed by atoms with Crippen LogP contribution >= 0.6 is 0 Å². The van der Waals surface area contributed by atoms with Crippen LogP contribution in [0.5, 0.6) is 11.6 Å². The lowest BCUT2D eigenvalue weighted by Crippen LogP contribution is -2.36. The molecule has 9 nitrogen and oxygen atoms in total. The minimum atomic E-state index is -1.15. The van der Waals surface area contributed by atoms with Gasteiger partial charge in [0.25, 0.3) is 0 Å². The first-order valence-electron chi connectivity index (χ1n) is 13.0. The average molecular weight is 538 g/mol. The smallest absolute Gasteiger partial charge is 0.309 e. The van der Waals surface area contributed by atoms with E-state index in [1.165, 1.54) is 14.0 Å². The van der Waals surface area contributed by atoms with Gasteiger partial charge in [-0.05, 0) is 43.0 Å². The lowest BCUT2D eigenvalue weighted by atomic mass is 9.93. The molecular weight excluding hydrogens is 505 g/mol. The Bertz CT molecular complexity index is 1350.